The minimum absolute atomic E-state index is 0.203. The quantitative estimate of drug-likeness (QED) is 0.856. The topological polar surface area (TPSA) is 43.3 Å². The zero-order valence-corrected chi connectivity index (χ0v) is 11.8. The number of fused-ring (bicyclic) bond motifs is 1. The van der Waals surface area contributed by atoms with Gasteiger partial charge in [0, 0.05) is 23.2 Å². The van der Waals surface area contributed by atoms with Crippen LogP contribution in [0.15, 0.2) is 24.4 Å². The lowest BCUT2D eigenvalue weighted by Crippen LogP contribution is -2.12. The van der Waals surface area contributed by atoms with E-state index in [1.54, 1.807) is 6.92 Å². The van der Waals surface area contributed by atoms with Crippen LogP contribution in [-0.4, -0.2) is 24.2 Å². The molecule has 0 saturated carbocycles. The molecule has 0 unspecified atom stereocenters. The molecule has 0 saturated heterocycles. The van der Waals surface area contributed by atoms with Crippen LogP contribution in [0.5, 0.6) is 0 Å². The average molecular weight is 281 g/mol. The highest BCUT2D eigenvalue weighted by molar-refractivity contribution is 6.31. The highest BCUT2D eigenvalue weighted by Crippen LogP contribution is 2.25. The molecular formula is C14H17ClN2O2. The first-order chi connectivity index (χ1) is 9.15. The predicted molar refractivity (Wildman–Crippen MR) is 76.3 cm³/mol. The molecule has 1 N–H and O–H groups in total. The number of aromatic nitrogens is 1. The van der Waals surface area contributed by atoms with E-state index in [0.717, 1.165) is 23.0 Å². The Kier molecular flexibility index (Phi) is 4.45. The number of benzene rings is 1. The molecule has 19 heavy (non-hydrogen) atoms. The van der Waals surface area contributed by atoms with Crippen molar-refractivity contribution in [1.82, 2.24) is 9.88 Å². The molecule has 0 fully saturated rings. The van der Waals surface area contributed by atoms with Crippen molar-refractivity contribution in [3.63, 3.8) is 0 Å². The number of halogens is 1. The molecule has 1 aromatic heterocycles. The average Bonchev–Trinajstić information content (AvgIpc) is 2.68. The number of hydrogen-bond acceptors (Lipinski definition) is 3. The van der Waals surface area contributed by atoms with Gasteiger partial charge in [-0.1, -0.05) is 17.7 Å². The number of ether oxygens (including phenoxy) is 1. The third kappa shape index (κ3) is 3.08. The predicted octanol–water partition coefficient (Wildman–Crippen LogP) is 2.58. The van der Waals surface area contributed by atoms with E-state index in [2.05, 4.69) is 5.32 Å². The second-order valence-electron chi connectivity index (χ2n) is 4.28. The van der Waals surface area contributed by atoms with Gasteiger partial charge in [0.25, 0.3) is 0 Å². The second-order valence-corrected chi connectivity index (χ2v) is 4.72. The third-order valence-electron chi connectivity index (χ3n) is 2.90. The molecule has 102 valence electrons. The van der Waals surface area contributed by atoms with Gasteiger partial charge in [-0.2, -0.15) is 0 Å². The Hall–Kier alpha value is -1.52. The van der Waals surface area contributed by atoms with Gasteiger partial charge in [-0.05, 0) is 31.7 Å². The smallest absolute Gasteiger partial charge is 0.325 e. The summed E-state index contributed by atoms with van der Waals surface area (Å²) >= 11 is 6.03. The van der Waals surface area contributed by atoms with E-state index in [9.17, 15) is 4.79 Å². The zero-order chi connectivity index (χ0) is 13.8. The molecule has 5 heteroatoms. The first-order valence-electron chi connectivity index (χ1n) is 6.23. The fourth-order valence-corrected chi connectivity index (χ4v) is 2.32. The van der Waals surface area contributed by atoms with Crippen LogP contribution in [0.3, 0.4) is 0 Å². The van der Waals surface area contributed by atoms with Crippen molar-refractivity contribution in [2.45, 2.75) is 20.0 Å². The van der Waals surface area contributed by atoms with E-state index in [1.165, 1.54) is 0 Å². The van der Waals surface area contributed by atoms with Crippen molar-refractivity contribution < 1.29 is 9.53 Å². The maximum absolute atomic E-state index is 11.6. The molecule has 0 amide bonds. The summed E-state index contributed by atoms with van der Waals surface area (Å²) in [6.45, 7) is 3.14. The van der Waals surface area contributed by atoms with Crippen LogP contribution in [0.25, 0.3) is 10.9 Å². The van der Waals surface area contributed by atoms with Crippen LogP contribution in [-0.2, 0) is 22.6 Å². The summed E-state index contributed by atoms with van der Waals surface area (Å²) < 4.78 is 6.87. The van der Waals surface area contributed by atoms with E-state index >= 15 is 0 Å². The van der Waals surface area contributed by atoms with Crippen LogP contribution >= 0.6 is 11.6 Å². The minimum atomic E-state index is -0.240. The van der Waals surface area contributed by atoms with E-state index in [0.29, 0.717) is 11.6 Å². The van der Waals surface area contributed by atoms with Gasteiger partial charge in [-0.3, -0.25) is 4.79 Å². The molecule has 1 heterocycles. The molecule has 2 aromatic rings. The summed E-state index contributed by atoms with van der Waals surface area (Å²) in [7, 11) is 1.89. The van der Waals surface area contributed by atoms with E-state index in [-0.39, 0.29) is 12.5 Å². The summed E-state index contributed by atoms with van der Waals surface area (Å²) in [4.78, 5) is 11.6. The minimum Gasteiger partial charge on any atom is -0.465 e. The Morgan fingerprint density at radius 1 is 1.47 bits per heavy atom. The molecule has 1 aromatic carbocycles. The second kappa shape index (κ2) is 6.08. The maximum atomic E-state index is 11.6. The fraction of sp³-hybridized carbons (Fsp3) is 0.357. The molecule has 0 bridgehead atoms. The largest absolute Gasteiger partial charge is 0.465 e. The molecule has 0 atom stereocenters. The van der Waals surface area contributed by atoms with Crippen LogP contribution < -0.4 is 5.32 Å². The van der Waals surface area contributed by atoms with Crippen molar-refractivity contribution in [1.29, 1.82) is 0 Å². The van der Waals surface area contributed by atoms with Crippen molar-refractivity contribution >= 4 is 28.5 Å². The fourth-order valence-electron chi connectivity index (χ4n) is 2.15. The highest BCUT2D eigenvalue weighted by Gasteiger charge is 2.11. The van der Waals surface area contributed by atoms with E-state index in [4.69, 9.17) is 16.3 Å². The van der Waals surface area contributed by atoms with Crippen molar-refractivity contribution in [2.24, 2.45) is 0 Å². The Balaban J connectivity index is 2.41. The van der Waals surface area contributed by atoms with Crippen LogP contribution in [0.2, 0.25) is 5.02 Å². The number of rotatable bonds is 5. The first kappa shape index (κ1) is 13.9. The Labute approximate surface area is 117 Å². The molecule has 0 spiro atoms. The molecule has 2 rings (SSSR count). The van der Waals surface area contributed by atoms with E-state index in [1.807, 2.05) is 36.0 Å². The van der Waals surface area contributed by atoms with Crippen LogP contribution in [0.1, 0.15) is 12.5 Å². The van der Waals surface area contributed by atoms with Crippen molar-refractivity contribution in [2.75, 3.05) is 13.7 Å². The molecule has 0 aliphatic heterocycles. The summed E-state index contributed by atoms with van der Waals surface area (Å²) in [5, 5.41) is 4.88. The van der Waals surface area contributed by atoms with Gasteiger partial charge in [-0.25, -0.2) is 0 Å². The van der Waals surface area contributed by atoms with Crippen molar-refractivity contribution in [3.05, 3.63) is 35.0 Å². The molecule has 0 aliphatic carbocycles. The normalized spacial score (nSPS) is 10.9. The molecule has 0 aliphatic rings. The number of esters is 1. The lowest BCUT2D eigenvalue weighted by molar-refractivity contribution is -0.143. The summed E-state index contributed by atoms with van der Waals surface area (Å²) in [5.41, 5.74) is 2.09. The van der Waals surface area contributed by atoms with Crippen molar-refractivity contribution in [3.8, 4) is 0 Å². The monoisotopic (exact) mass is 280 g/mol. The van der Waals surface area contributed by atoms with Gasteiger partial charge >= 0.3 is 5.97 Å². The third-order valence-corrected chi connectivity index (χ3v) is 3.13. The Morgan fingerprint density at radius 2 is 2.26 bits per heavy atom. The lowest BCUT2D eigenvalue weighted by Gasteiger charge is -2.05. The number of hydrogen-bond donors (Lipinski definition) is 1. The van der Waals surface area contributed by atoms with Crippen LogP contribution in [0, 0.1) is 0 Å². The van der Waals surface area contributed by atoms with E-state index < -0.39 is 0 Å². The standard InChI is InChI=1S/C14H17ClN2O2/c1-3-19-14(18)9-17-8-10(7-16-2)12-5-4-11(15)6-13(12)17/h4-6,8,16H,3,7,9H2,1-2H3. The molecule has 4 nitrogen and oxygen atoms in total. The van der Waals surface area contributed by atoms with Gasteiger partial charge in [0.15, 0.2) is 0 Å². The SMILES string of the molecule is CCOC(=O)Cn1cc(CNC)c2ccc(Cl)cc21. The van der Waals surface area contributed by atoms with Gasteiger partial charge in [0.05, 0.1) is 12.1 Å². The summed E-state index contributed by atoms with van der Waals surface area (Å²) in [6, 6.07) is 5.71. The summed E-state index contributed by atoms with van der Waals surface area (Å²) in [6.07, 6.45) is 1.97. The first-order valence-corrected chi connectivity index (χ1v) is 6.61. The van der Waals surface area contributed by atoms with Gasteiger partial charge in [-0.15, -0.1) is 0 Å². The number of nitrogens with zero attached hydrogens (tertiary/aromatic N) is 1. The Bertz CT molecular complexity index is 592. The molecule has 0 radical (unpaired) electrons. The lowest BCUT2D eigenvalue weighted by atomic mass is 10.2. The summed E-state index contributed by atoms with van der Waals surface area (Å²) in [5.74, 6) is -0.240. The number of carbonyl (C=O) groups is 1. The number of carbonyl (C=O) groups excluding carboxylic acids is 1. The number of nitrogens with one attached hydrogen (secondary N) is 1. The van der Waals surface area contributed by atoms with Gasteiger partial charge < -0.3 is 14.6 Å². The molecular weight excluding hydrogens is 264 g/mol. The van der Waals surface area contributed by atoms with Gasteiger partial charge in [0.1, 0.15) is 6.54 Å². The Morgan fingerprint density at radius 3 is 2.95 bits per heavy atom. The highest BCUT2D eigenvalue weighted by atomic mass is 35.5. The zero-order valence-electron chi connectivity index (χ0n) is 11.1. The van der Waals surface area contributed by atoms with Gasteiger partial charge in [0.2, 0.25) is 0 Å². The van der Waals surface area contributed by atoms with Crippen LogP contribution in [0.4, 0.5) is 0 Å². The maximum Gasteiger partial charge on any atom is 0.325 e.